The lowest BCUT2D eigenvalue weighted by Gasteiger charge is -2.14. The number of rotatable bonds is 3. The summed E-state index contributed by atoms with van der Waals surface area (Å²) >= 11 is 0. The van der Waals surface area contributed by atoms with Crippen molar-refractivity contribution in [1.29, 1.82) is 0 Å². The molecule has 1 atom stereocenters. The summed E-state index contributed by atoms with van der Waals surface area (Å²) in [7, 11) is -3.22. The van der Waals surface area contributed by atoms with Crippen LogP contribution in [0.2, 0.25) is 0 Å². The van der Waals surface area contributed by atoms with Gasteiger partial charge in [-0.1, -0.05) is 39.0 Å². The van der Waals surface area contributed by atoms with Crippen molar-refractivity contribution in [1.82, 2.24) is 15.1 Å². The molecule has 1 aliphatic rings. The van der Waals surface area contributed by atoms with E-state index >= 15 is 0 Å². The van der Waals surface area contributed by atoms with Crippen LogP contribution in [0.3, 0.4) is 0 Å². The van der Waals surface area contributed by atoms with E-state index in [-0.39, 0.29) is 11.2 Å². The first-order chi connectivity index (χ1) is 12.1. The quantitative estimate of drug-likeness (QED) is 0.864. The number of aromatic nitrogens is 2. The number of sulfone groups is 1. The second kappa shape index (κ2) is 6.60. The molecule has 2 aromatic rings. The van der Waals surface area contributed by atoms with Crippen molar-refractivity contribution in [2.75, 3.05) is 11.1 Å². The van der Waals surface area contributed by atoms with Gasteiger partial charge in [-0.3, -0.25) is 5.32 Å². The van der Waals surface area contributed by atoms with Crippen molar-refractivity contribution >= 4 is 21.7 Å². The number of para-hydroxylation sites is 1. The summed E-state index contributed by atoms with van der Waals surface area (Å²) in [5.41, 5.74) is 1.47. The minimum absolute atomic E-state index is 0.119. The third kappa shape index (κ3) is 4.13. The molecule has 1 aliphatic heterocycles. The van der Waals surface area contributed by atoms with Crippen molar-refractivity contribution in [2.45, 2.75) is 32.2 Å². The fourth-order valence-corrected chi connectivity index (χ4v) is 3.82. The highest BCUT2D eigenvalue weighted by molar-refractivity contribution is 7.94. The molecule has 1 aromatic heterocycles. The molecule has 0 saturated heterocycles. The van der Waals surface area contributed by atoms with Gasteiger partial charge in [-0.25, -0.2) is 17.9 Å². The summed E-state index contributed by atoms with van der Waals surface area (Å²) in [5, 5.41) is 11.2. The largest absolute Gasteiger partial charge is 0.331 e. The maximum absolute atomic E-state index is 12.3. The maximum Gasteiger partial charge on any atom is 0.320 e. The van der Waals surface area contributed by atoms with Crippen LogP contribution in [-0.4, -0.2) is 36.0 Å². The number of carbonyl (C=O) groups is 1. The van der Waals surface area contributed by atoms with Gasteiger partial charge in [0, 0.05) is 16.9 Å². The van der Waals surface area contributed by atoms with E-state index in [1.54, 1.807) is 4.68 Å². The lowest BCUT2D eigenvalue weighted by molar-refractivity contribution is 0.251. The Bertz CT molecular complexity index is 941. The minimum atomic E-state index is -3.22. The van der Waals surface area contributed by atoms with Crippen molar-refractivity contribution in [2.24, 2.45) is 0 Å². The highest BCUT2D eigenvalue weighted by Crippen LogP contribution is 2.26. The van der Waals surface area contributed by atoms with E-state index in [9.17, 15) is 13.2 Å². The molecular weight excluding hydrogens is 352 g/mol. The Morgan fingerprint density at radius 2 is 1.92 bits per heavy atom. The third-order valence-corrected chi connectivity index (χ3v) is 5.36. The zero-order valence-electron chi connectivity index (χ0n) is 14.9. The second-order valence-corrected chi connectivity index (χ2v) is 9.21. The van der Waals surface area contributed by atoms with E-state index in [0.29, 0.717) is 5.82 Å². The van der Waals surface area contributed by atoms with Gasteiger partial charge in [0.2, 0.25) is 0 Å². The van der Waals surface area contributed by atoms with Gasteiger partial charge in [-0.05, 0) is 18.2 Å². The Hall–Kier alpha value is -2.61. The summed E-state index contributed by atoms with van der Waals surface area (Å²) in [6, 6.07) is 10.3. The molecule has 0 spiro atoms. The fourth-order valence-electron chi connectivity index (χ4n) is 2.59. The number of urea groups is 1. The van der Waals surface area contributed by atoms with Crippen molar-refractivity contribution in [3.63, 3.8) is 0 Å². The van der Waals surface area contributed by atoms with Crippen LogP contribution in [0.5, 0.6) is 0 Å². The Balaban J connectivity index is 1.83. The van der Waals surface area contributed by atoms with Crippen LogP contribution in [0.4, 0.5) is 10.6 Å². The van der Waals surface area contributed by atoms with E-state index in [2.05, 4.69) is 15.7 Å². The maximum atomic E-state index is 12.3. The molecule has 2 amide bonds. The highest BCUT2D eigenvalue weighted by atomic mass is 32.2. The highest BCUT2D eigenvalue weighted by Gasteiger charge is 2.25. The molecule has 1 aromatic carbocycles. The molecular formula is C18H22N4O3S. The fraction of sp³-hybridized carbons (Fsp3) is 0.333. The number of nitrogens with one attached hydrogen (secondary N) is 2. The topological polar surface area (TPSA) is 93.1 Å². The van der Waals surface area contributed by atoms with Gasteiger partial charge in [0.15, 0.2) is 9.84 Å². The van der Waals surface area contributed by atoms with E-state index < -0.39 is 21.9 Å². The molecule has 26 heavy (non-hydrogen) atoms. The van der Waals surface area contributed by atoms with Crippen molar-refractivity contribution in [3.05, 3.63) is 53.6 Å². The average molecular weight is 374 g/mol. The first kappa shape index (κ1) is 18.2. The van der Waals surface area contributed by atoms with Crippen LogP contribution in [0, 0.1) is 0 Å². The minimum Gasteiger partial charge on any atom is -0.331 e. The molecule has 0 fully saturated rings. The monoisotopic (exact) mass is 374 g/mol. The predicted molar refractivity (Wildman–Crippen MR) is 101 cm³/mol. The number of hydrogen-bond donors (Lipinski definition) is 2. The molecule has 138 valence electrons. The molecule has 8 heteroatoms. The average Bonchev–Trinajstić information content (AvgIpc) is 3.11. The van der Waals surface area contributed by atoms with Crippen molar-refractivity contribution in [3.8, 4) is 5.69 Å². The molecule has 3 rings (SSSR count). The molecule has 7 nitrogen and oxygen atoms in total. The second-order valence-electron chi connectivity index (χ2n) is 7.28. The molecule has 0 unspecified atom stereocenters. The van der Waals surface area contributed by atoms with Gasteiger partial charge < -0.3 is 5.32 Å². The van der Waals surface area contributed by atoms with Crippen LogP contribution in [-0.2, 0) is 15.3 Å². The number of hydrogen-bond acceptors (Lipinski definition) is 4. The van der Waals surface area contributed by atoms with Crippen LogP contribution in [0.1, 0.15) is 26.5 Å². The standard InChI is InChI=1S/C18H22N4O3S/c1-18(2,3)15-11-16(22(21-15)14-7-5-4-6-8-14)20-17(23)19-13-9-10-26(24,25)12-13/h4-11,13H,12H2,1-3H3,(H2,19,20,23)/t13-/m0/s1. The van der Waals surface area contributed by atoms with E-state index in [1.807, 2.05) is 57.2 Å². The zero-order chi connectivity index (χ0) is 18.9. The van der Waals surface area contributed by atoms with Crippen LogP contribution in [0.15, 0.2) is 47.9 Å². The smallest absolute Gasteiger partial charge is 0.320 e. The summed E-state index contributed by atoms with van der Waals surface area (Å²) in [4.78, 5) is 12.3. The summed E-state index contributed by atoms with van der Waals surface area (Å²) in [6.45, 7) is 6.13. The zero-order valence-corrected chi connectivity index (χ0v) is 15.7. The Labute approximate surface area is 153 Å². The Morgan fingerprint density at radius 1 is 1.23 bits per heavy atom. The van der Waals surface area contributed by atoms with Crippen molar-refractivity contribution < 1.29 is 13.2 Å². The van der Waals surface area contributed by atoms with E-state index in [1.165, 1.54) is 6.08 Å². The number of anilines is 1. The van der Waals surface area contributed by atoms with Crippen LogP contribution in [0.25, 0.3) is 5.69 Å². The van der Waals surface area contributed by atoms with Gasteiger partial charge in [0.25, 0.3) is 0 Å². The molecule has 0 aliphatic carbocycles. The summed E-state index contributed by atoms with van der Waals surface area (Å²) in [6.07, 6.45) is 1.48. The third-order valence-electron chi connectivity index (χ3n) is 3.97. The first-order valence-electron chi connectivity index (χ1n) is 8.28. The SMILES string of the molecule is CC(C)(C)c1cc(NC(=O)N[C@H]2C=CS(=O)(=O)C2)n(-c2ccccc2)n1. The summed E-state index contributed by atoms with van der Waals surface area (Å²) in [5.74, 6) is 0.398. The van der Waals surface area contributed by atoms with Gasteiger partial charge >= 0.3 is 6.03 Å². The predicted octanol–water partition coefficient (Wildman–Crippen LogP) is 2.60. The normalized spacial score (nSPS) is 18.7. The Morgan fingerprint density at radius 3 is 2.50 bits per heavy atom. The van der Waals surface area contributed by atoms with Gasteiger partial charge in [0.05, 0.1) is 23.2 Å². The molecule has 2 heterocycles. The van der Waals surface area contributed by atoms with Crippen LogP contribution >= 0.6 is 0 Å². The van der Waals surface area contributed by atoms with E-state index in [0.717, 1.165) is 16.8 Å². The molecule has 0 radical (unpaired) electrons. The van der Waals surface area contributed by atoms with Crippen LogP contribution < -0.4 is 10.6 Å². The number of nitrogens with zero attached hydrogens (tertiary/aromatic N) is 2. The number of benzene rings is 1. The Kier molecular flexibility index (Phi) is 4.62. The van der Waals surface area contributed by atoms with E-state index in [4.69, 9.17) is 0 Å². The lowest BCUT2D eigenvalue weighted by Crippen LogP contribution is -2.38. The lowest BCUT2D eigenvalue weighted by atomic mass is 9.92. The van der Waals surface area contributed by atoms with Gasteiger partial charge in [0.1, 0.15) is 5.82 Å². The number of carbonyl (C=O) groups excluding carboxylic acids is 1. The summed E-state index contributed by atoms with van der Waals surface area (Å²) < 4.78 is 24.6. The number of amides is 2. The molecule has 0 bridgehead atoms. The first-order valence-corrected chi connectivity index (χ1v) is 10.00. The molecule has 2 N–H and O–H groups in total. The van der Waals surface area contributed by atoms with Gasteiger partial charge in [-0.15, -0.1) is 0 Å². The molecule has 0 saturated carbocycles. The van der Waals surface area contributed by atoms with Gasteiger partial charge in [-0.2, -0.15) is 5.10 Å².